The summed E-state index contributed by atoms with van der Waals surface area (Å²) >= 11 is 0. The second-order valence-electron chi connectivity index (χ2n) is 4.54. The van der Waals surface area contributed by atoms with Gasteiger partial charge in [0.05, 0.1) is 6.26 Å². The third-order valence-electron chi connectivity index (χ3n) is 2.96. The van der Waals surface area contributed by atoms with E-state index in [-0.39, 0.29) is 29.8 Å². The Morgan fingerprint density at radius 3 is 2.68 bits per heavy atom. The first-order valence-electron chi connectivity index (χ1n) is 7.07. The van der Waals surface area contributed by atoms with E-state index in [9.17, 15) is 4.39 Å². The number of nitrogens with one attached hydrogen (secondary N) is 2. The van der Waals surface area contributed by atoms with E-state index in [2.05, 4.69) is 15.6 Å². The lowest BCUT2D eigenvalue weighted by atomic mass is 10.1. The van der Waals surface area contributed by atoms with Crippen molar-refractivity contribution < 1.29 is 8.81 Å². The Bertz CT molecular complexity index is 573. The van der Waals surface area contributed by atoms with Crippen molar-refractivity contribution in [2.24, 2.45) is 4.99 Å². The molecule has 0 bridgehead atoms. The molecule has 2 aromatic rings. The van der Waals surface area contributed by atoms with E-state index in [0.717, 1.165) is 12.3 Å². The van der Waals surface area contributed by atoms with E-state index in [0.29, 0.717) is 31.0 Å². The largest absolute Gasteiger partial charge is 0.467 e. The minimum absolute atomic E-state index is 0. The van der Waals surface area contributed by atoms with E-state index in [4.69, 9.17) is 4.42 Å². The molecule has 0 atom stereocenters. The van der Waals surface area contributed by atoms with Crippen molar-refractivity contribution in [3.63, 3.8) is 0 Å². The molecule has 22 heavy (non-hydrogen) atoms. The number of halogens is 2. The second kappa shape index (κ2) is 10.2. The summed E-state index contributed by atoms with van der Waals surface area (Å²) in [4.78, 5) is 4.42. The van der Waals surface area contributed by atoms with Crippen LogP contribution in [0.5, 0.6) is 0 Å². The van der Waals surface area contributed by atoms with Crippen molar-refractivity contribution in [2.75, 3.05) is 13.1 Å². The molecule has 2 rings (SSSR count). The Kier molecular flexibility index (Phi) is 8.57. The molecule has 0 aliphatic heterocycles. The van der Waals surface area contributed by atoms with E-state index in [1.165, 1.54) is 6.07 Å². The summed E-state index contributed by atoms with van der Waals surface area (Å²) in [7, 11) is 0. The monoisotopic (exact) mass is 417 g/mol. The SMILES string of the molecule is CCNC(=NCc1ccco1)NCCc1ccccc1F.I. The van der Waals surface area contributed by atoms with Crippen molar-refractivity contribution in [1.29, 1.82) is 0 Å². The molecule has 0 radical (unpaired) electrons. The third-order valence-corrected chi connectivity index (χ3v) is 2.96. The van der Waals surface area contributed by atoms with Crippen molar-refractivity contribution in [1.82, 2.24) is 10.6 Å². The van der Waals surface area contributed by atoms with Gasteiger partial charge in [0.15, 0.2) is 5.96 Å². The van der Waals surface area contributed by atoms with Gasteiger partial charge in [-0.3, -0.25) is 0 Å². The van der Waals surface area contributed by atoms with Crippen LogP contribution < -0.4 is 10.6 Å². The minimum atomic E-state index is -0.170. The number of furan rings is 1. The quantitative estimate of drug-likeness (QED) is 0.431. The van der Waals surface area contributed by atoms with Crippen LogP contribution in [-0.2, 0) is 13.0 Å². The number of guanidine groups is 1. The highest BCUT2D eigenvalue weighted by Gasteiger charge is 2.02. The maximum Gasteiger partial charge on any atom is 0.191 e. The first-order chi connectivity index (χ1) is 10.3. The van der Waals surface area contributed by atoms with Crippen molar-refractivity contribution >= 4 is 29.9 Å². The van der Waals surface area contributed by atoms with Crippen molar-refractivity contribution in [2.45, 2.75) is 19.9 Å². The molecule has 0 unspecified atom stereocenters. The average molecular weight is 417 g/mol. The van der Waals surface area contributed by atoms with Gasteiger partial charge in [0.1, 0.15) is 18.1 Å². The molecule has 2 N–H and O–H groups in total. The van der Waals surface area contributed by atoms with Gasteiger partial charge in [-0.25, -0.2) is 9.38 Å². The molecular weight excluding hydrogens is 396 g/mol. The molecule has 0 aliphatic rings. The molecule has 0 fully saturated rings. The summed E-state index contributed by atoms with van der Waals surface area (Å²) < 4.78 is 18.7. The average Bonchev–Trinajstić information content (AvgIpc) is 3.00. The molecule has 0 spiro atoms. The number of aliphatic imine (C=N–C) groups is 1. The standard InChI is InChI=1S/C16H20FN3O.HI/c1-2-18-16(20-12-14-7-5-11-21-14)19-10-9-13-6-3-4-8-15(13)17;/h3-8,11H,2,9-10,12H2,1H3,(H2,18,19,20);1H. The van der Waals surface area contributed by atoms with E-state index < -0.39 is 0 Å². The number of hydrogen-bond donors (Lipinski definition) is 2. The maximum atomic E-state index is 13.5. The zero-order chi connectivity index (χ0) is 14.9. The smallest absolute Gasteiger partial charge is 0.191 e. The van der Waals surface area contributed by atoms with E-state index in [1.807, 2.05) is 25.1 Å². The Morgan fingerprint density at radius 2 is 2.00 bits per heavy atom. The number of rotatable bonds is 6. The van der Waals surface area contributed by atoms with Crippen LogP contribution in [0.2, 0.25) is 0 Å². The van der Waals surface area contributed by atoms with Gasteiger partial charge in [-0.1, -0.05) is 18.2 Å². The van der Waals surface area contributed by atoms with Crippen LogP contribution >= 0.6 is 24.0 Å². The van der Waals surface area contributed by atoms with Gasteiger partial charge in [0, 0.05) is 13.1 Å². The van der Waals surface area contributed by atoms with Gasteiger partial charge in [-0.2, -0.15) is 0 Å². The van der Waals surface area contributed by atoms with Gasteiger partial charge in [0.25, 0.3) is 0 Å². The van der Waals surface area contributed by atoms with Gasteiger partial charge in [-0.15, -0.1) is 24.0 Å². The predicted molar refractivity (Wildman–Crippen MR) is 97.0 cm³/mol. The minimum Gasteiger partial charge on any atom is -0.467 e. The highest BCUT2D eigenvalue weighted by atomic mass is 127. The summed E-state index contributed by atoms with van der Waals surface area (Å²) in [5.74, 6) is 1.34. The topological polar surface area (TPSA) is 49.6 Å². The fraction of sp³-hybridized carbons (Fsp3) is 0.312. The molecule has 1 aromatic carbocycles. The van der Waals surface area contributed by atoms with Crippen LogP contribution in [0, 0.1) is 5.82 Å². The lowest BCUT2D eigenvalue weighted by Gasteiger charge is -2.11. The van der Waals surface area contributed by atoms with Crippen LogP contribution in [-0.4, -0.2) is 19.0 Å². The zero-order valence-electron chi connectivity index (χ0n) is 12.5. The zero-order valence-corrected chi connectivity index (χ0v) is 14.8. The summed E-state index contributed by atoms with van der Waals surface area (Å²) in [6, 6.07) is 10.5. The molecule has 120 valence electrons. The van der Waals surface area contributed by atoms with Gasteiger partial charge in [0.2, 0.25) is 0 Å². The first-order valence-corrected chi connectivity index (χ1v) is 7.07. The summed E-state index contributed by atoms with van der Waals surface area (Å²) in [6.45, 7) is 3.86. The number of benzene rings is 1. The highest BCUT2D eigenvalue weighted by molar-refractivity contribution is 14.0. The summed E-state index contributed by atoms with van der Waals surface area (Å²) in [5.41, 5.74) is 0.701. The highest BCUT2D eigenvalue weighted by Crippen LogP contribution is 2.06. The molecular formula is C16H21FIN3O. The Labute approximate surface area is 147 Å². The van der Waals surface area contributed by atoms with Crippen LogP contribution in [0.1, 0.15) is 18.2 Å². The normalized spacial score (nSPS) is 10.9. The fourth-order valence-electron chi connectivity index (χ4n) is 1.92. The van der Waals surface area contributed by atoms with Gasteiger partial charge < -0.3 is 15.1 Å². The molecule has 1 heterocycles. The van der Waals surface area contributed by atoms with E-state index >= 15 is 0 Å². The van der Waals surface area contributed by atoms with Crippen molar-refractivity contribution in [3.8, 4) is 0 Å². The Balaban J connectivity index is 0.00000242. The Morgan fingerprint density at radius 1 is 1.18 bits per heavy atom. The fourth-order valence-corrected chi connectivity index (χ4v) is 1.92. The van der Waals surface area contributed by atoms with Gasteiger partial charge >= 0.3 is 0 Å². The molecule has 6 heteroatoms. The first kappa shape index (κ1) is 18.5. The van der Waals surface area contributed by atoms with Crippen molar-refractivity contribution in [3.05, 3.63) is 59.8 Å². The number of hydrogen-bond acceptors (Lipinski definition) is 2. The van der Waals surface area contributed by atoms with Crippen LogP contribution in [0.4, 0.5) is 4.39 Å². The molecule has 0 aliphatic carbocycles. The van der Waals surface area contributed by atoms with Crippen LogP contribution in [0.3, 0.4) is 0 Å². The molecule has 0 saturated heterocycles. The lowest BCUT2D eigenvalue weighted by Crippen LogP contribution is -2.38. The molecule has 1 aromatic heterocycles. The van der Waals surface area contributed by atoms with Crippen LogP contribution in [0.25, 0.3) is 0 Å². The number of nitrogens with zero attached hydrogens (tertiary/aromatic N) is 1. The molecule has 0 amide bonds. The summed E-state index contributed by atoms with van der Waals surface area (Å²) in [5, 5.41) is 6.34. The summed E-state index contributed by atoms with van der Waals surface area (Å²) in [6.07, 6.45) is 2.24. The Hall–Kier alpha value is -1.57. The molecule has 0 saturated carbocycles. The van der Waals surface area contributed by atoms with E-state index in [1.54, 1.807) is 18.4 Å². The van der Waals surface area contributed by atoms with Crippen LogP contribution in [0.15, 0.2) is 52.1 Å². The third kappa shape index (κ3) is 6.05. The van der Waals surface area contributed by atoms with Gasteiger partial charge in [-0.05, 0) is 37.1 Å². The second-order valence-corrected chi connectivity index (χ2v) is 4.54. The maximum absolute atomic E-state index is 13.5. The lowest BCUT2D eigenvalue weighted by molar-refractivity contribution is 0.512. The predicted octanol–water partition coefficient (Wildman–Crippen LogP) is 3.33. The molecule has 4 nitrogen and oxygen atoms in total.